The number of hydrogen-bond acceptors (Lipinski definition) is 10. The highest BCUT2D eigenvalue weighted by Gasteiger charge is 2.52. The fraction of sp³-hybridized carbons (Fsp3) is 0.750. The Morgan fingerprint density at radius 1 is 0.839 bits per heavy atom. The summed E-state index contributed by atoms with van der Waals surface area (Å²) in [5.41, 5.74) is 0. The molecule has 1 N–H and O–H groups in total. The van der Waals surface area contributed by atoms with Crippen molar-refractivity contribution in [3.63, 3.8) is 0 Å². The maximum absolute atomic E-state index is 12.6. The van der Waals surface area contributed by atoms with Gasteiger partial charge in [-0.05, 0) is 18.8 Å². The summed E-state index contributed by atoms with van der Waals surface area (Å²) in [4.78, 5) is 59.0. The Balaban J connectivity index is 2.32. The predicted molar refractivity (Wildman–Crippen MR) is 102 cm³/mol. The third-order valence-corrected chi connectivity index (χ3v) is 5.01. The molecule has 1 unspecified atom stereocenters. The highest BCUT2D eigenvalue weighted by Crippen LogP contribution is 2.31. The molecule has 0 aromatic carbocycles. The van der Waals surface area contributed by atoms with E-state index in [1.807, 2.05) is 0 Å². The molecule has 0 spiro atoms. The van der Waals surface area contributed by atoms with Gasteiger partial charge in [-0.2, -0.15) is 0 Å². The van der Waals surface area contributed by atoms with Crippen molar-refractivity contribution in [3.05, 3.63) is 0 Å². The third kappa shape index (κ3) is 7.50. The lowest BCUT2D eigenvalue weighted by atomic mass is 9.82. The van der Waals surface area contributed by atoms with Crippen LogP contribution in [0.5, 0.6) is 0 Å². The molecule has 0 bridgehead atoms. The van der Waals surface area contributed by atoms with Crippen LogP contribution in [0.4, 0.5) is 0 Å². The Bertz CT molecular complexity index is 704. The lowest BCUT2D eigenvalue weighted by Gasteiger charge is -2.44. The molecule has 11 nitrogen and oxygen atoms in total. The fourth-order valence-corrected chi connectivity index (χ4v) is 3.52. The largest absolute Gasteiger partial charge is 0.463 e. The molecule has 0 radical (unpaired) electrons. The minimum absolute atomic E-state index is 0.254. The van der Waals surface area contributed by atoms with E-state index in [0.29, 0.717) is 0 Å². The van der Waals surface area contributed by atoms with Gasteiger partial charge in [0.1, 0.15) is 18.8 Å². The molecule has 1 saturated heterocycles. The lowest BCUT2D eigenvalue weighted by Crippen LogP contribution is -2.67. The van der Waals surface area contributed by atoms with E-state index in [2.05, 4.69) is 5.32 Å². The van der Waals surface area contributed by atoms with Crippen LogP contribution in [-0.4, -0.2) is 67.0 Å². The first-order chi connectivity index (χ1) is 14.6. The summed E-state index contributed by atoms with van der Waals surface area (Å²) in [6.45, 7) is 4.27. The van der Waals surface area contributed by atoms with Crippen LogP contribution in [0.3, 0.4) is 0 Å². The highest BCUT2D eigenvalue weighted by atomic mass is 16.7. The minimum atomic E-state index is -1.36. The second-order valence-corrected chi connectivity index (χ2v) is 7.70. The van der Waals surface area contributed by atoms with Gasteiger partial charge in [-0.25, -0.2) is 0 Å². The van der Waals surface area contributed by atoms with Crippen LogP contribution in [0.2, 0.25) is 0 Å². The molecule has 2 fully saturated rings. The Labute approximate surface area is 180 Å². The van der Waals surface area contributed by atoms with Gasteiger partial charge in [0.25, 0.3) is 0 Å². The molecule has 0 aromatic heterocycles. The minimum Gasteiger partial charge on any atom is -0.463 e. The first-order valence-corrected chi connectivity index (χ1v) is 10.2. The number of esters is 4. The normalized spacial score (nSPS) is 27.9. The zero-order valence-corrected chi connectivity index (χ0v) is 18.1. The summed E-state index contributed by atoms with van der Waals surface area (Å²) in [6, 6.07) is -1.14. The number of carbonyl (C=O) groups is 5. The van der Waals surface area contributed by atoms with Crippen LogP contribution < -0.4 is 5.32 Å². The topological polar surface area (TPSA) is 144 Å². The van der Waals surface area contributed by atoms with Gasteiger partial charge in [0.15, 0.2) is 12.2 Å². The molecule has 1 aliphatic heterocycles. The van der Waals surface area contributed by atoms with Crippen LogP contribution in [0.15, 0.2) is 0 Å². The van der Waals surface area contributed by atoms with Gasteiger partial charge in [-0.1, -0.05) is 6.42 Å². The molecular weight excluding hydrogens is 414 g/mol. The van der Waals surface area contributed by atoms with Crippen molar-refractivity contribution < 1.29 is 47.7 Å². The molecule has 2 aliphatic rings. The second kappa shape index (κ2) is 11.1. The fourth-order valence-electron chi connectivity index (χ4n) is 3.52. The Morgan fingerprint density at radius 3 is 1.90 bits per heavy atom. The van der Waals surface area contributed by atoms with Gasteiger partial charge in [-0.3, -0.25) is 24.0 Å². The highest BCUT2D eigenvalue weighted by molar-refractivity contribution is 5.77. The molecule has 1 saturated carbocycles. The van der Waals surface area contributed by atoms with Crippen molar-refractivity contribution in [2.24, 2.45) is 5.92 Å². The molecule has 1 amide bonds. The smallest absolute Gasteiger partial charge is 0.305 e. The van der Waals surface area contributed by atoms with Gasteiger partial charge in [-0.15, -0.1) is 0 Å². The van der Waals surface area contributed by atoms with Crippen LogP contribution in [-0.2, 0) is 47.7 Å². The van der Waals surface area contributed by atoms with Crippen LogP contribution in [0.1, 0.15) is 53.4 Å². The van der Waals surface area contributed by atoms with E-state index in [9.17, 15) is 24.0 Å². The Kier molecular flexibility index (Phi) is 8.78. The van der Waals surface area contributed by atoms with Crippen LogP contribution in [0, 0.1) is 5.92 Å². The molecule has 2 rings (SSSR count). The van der Waals surface area contributed by atoms with E-state index in [0.717, 1.165) is 40.0 Å². The van der Waals surface area contributed by atoms with Crippen molar-refractivity contribution in [1.29, 1.82) is 0 Å². The summed E-state index contributed by atoms with van der Waals surface area (Å²) in [5.74, 6) is -2.83. The number of rotatable bonds is 8. The number of amides is 1. The third-order valence-electron chi connectivity index (χ3n) is 5.01. The van der Waals surface area contributed by atoms with E-state index in [4.69, 9.17) is 23.7 Å². The van der Waals surface area contributed by atoms with Gasteiger partial charge in [0, 0.05) is 34.1 Å². The molecule has 1 aliphatic carbocycles. The van der Waals surface area contributed by atoms with Gasteiger partial charge in [0.2, 0.25) is 12.2 Å². The van der Waals surface area contributed by atoms with Gasteiger partial charge in [0.05, 0.1) is 0 Å². The molecule has 174 valence electrons. The summed E-state index contributed by atoms with van der Waals surface area (Å²) in [6.07, 6.45) is -1.74. The molecule has 11 heteroatoms. The van der Waals surface area contributed by atoms with Crippen LogP contribution in [0.25, 0.3) is 0 Å². The van der Waals surface area contributed by atoms with E-state index < -0.39 is 54.5 Å². The van der Waals surface area contributed by atoms with Gasteiger partial charge < -0.3 is 29.0 Å². The van der Waals surface area contributed by atoms with Crippen molar-refractivity contribution in [2.45, 2.75) is 84.0 Å². The molecule has 31 heavy (non-hydrogen) atoms. The first-order valence-electron chi connectivity index (χ1n) is 10.2. The van der Waals surface area contributed by atoms with E-state index in [-0.39, 0.29) is 24.9 Å². The Morgan fingerprint density at radius 2 is 1.42 bits per heavy atom. The average Bonchev–Trinajstić information content (AvgIpc) is 2.60. The summed E-state index contributed by atoms with van der Waals surface area (Å²) in [7, 11) is 0. The maximum Gasteiger partial charge on any atom is 0.305 e. The van der Waals surface area contributed by atoms with Crippen LogP contribution >= 0.6 is 0 Å². The van der Waals surface area contributed by atoms with Crippen molar-refractivity contribution in [2.75, 3.05) is 6.61 Å². The Hall–Kier alpha value is -2.69. The standard InChI is InChI=1S/C20H29NO10/c1-10(22)27-9-15-18(28-11(2)23)19(29-12(3)24)17(20(31-15)30-13(4)25)21-16(26)8-14-6-5-7-14/h14-15,17-20H,5-9H2,1-4H3,(H,21,26)/t15-,17+,18-,19-,20?/m1/s1. The number of nitrogens with one attached hydrogen (secondary N) is 1. The van der Waals surface area contributed by atoms with Crippen molar-refractivity contribution in [3.8, 4) is 0 Å². The second-order valence-electron chi connectivity index (χ2n) is 7.70. The summed E-state index contributed by atoms with van der Waals surface area (Å²) < 4.78 is 26.6. The molecule has 0 aromatic rings. The molecular formula is C20H29NO10. The van der Waals surface area contributed by atoms with Gasteiger partial charge >= 0.3 is 23.9 Å². The molecule has 1 heterocycles. The summed E-state index contributed by atoms with van der Waals surface area (Å²) >= 11 is 0. The molecule has 5 atom stereocenters. The average molecular weight is 443 g/mol. The summed E-state index contributed by atoms with van der Waals surface area (Å²) in [5, 5.41) is 2.70. The quantitative estimate of drug-likeness (QED) is 0.413. The zero-order chi connectivity index (χ0) is 23.1. The number of carbonyl (C=O) groups excluding carboxylic acids is 5. The van der Waals surface area contributed by atoms with E-state index in [1.165, 1.54) is 6.92 Å². The monoisotopic (exact) mass is 443 g/mol. The maximum atomic E-state index is 12.6. The predicted octanol–water partition coefficient (Wildman–Crippen LogP) is 0.376. The van der Waals surface area contributed by atoms with E-state index >= 15 is 0 Å². The number of ether oxygens (including phenoxy) is 5. The lowest BCUT2D eigenvalue weighted by molar-refractivity contribution is -0.271. The SMILES string of the molecule is CC(=O)OC[C@H]1OC(OC(C)=O)[C@@H](NC(=O)CC2CCC2)[C@@H](OC(C)=O)[C@@H]1OC(C)=O. The zero-order valence-electron chi connectivity index (χ0n) is 18.1. The number of hydrogen-bond donors (Lipinski definition) is 1. The first kappa shape index (κ1) is 24.6. The van der Waals surface area contributed by atoms with E-state index in [1.54, 1.807) is 0 Å². The van der Waals surface area contributed by atoms with Crippen molar-refractivity contribution >= 4 is 29.8 Å². The van der Waals surface area contributed by atoms with Crippen molar-refractivity contribution in [1.82, 2.24) is 5.32 Å².